The van der Waals surface area contributed by atoms with Gasteiger partial charge in [-0.3, -0.25) is 4.98 Å². The van der Waals surface area contributed by atoms with Gasteiger partial charge in [0.05, 0.1) is 5.69 Å². The Morgan fingerprint density at radius 3 is 2.87 bits per heavy atom. The first kappa shape index (κ1) is 9.31. The van der Waals surface area contributed by atoms with Gasteiger partial charge in [-0.2, -0.15) is 0 Å². The van der Waals surface area contributed by atoms with Crippen LogP contribution in [0.25, 0.3) is 0 Å². The van der Waals surface area contributed by atoms with Gasteiger partial charge in [0.25, 0.3) is 0 Å². The van der Waals surface area contributed by atoms with Crippen LogP contribution in [0.3, 0.4) is 0 Å². The molecule has 3 heteroatoms. The van der Waals surface area contributed by atoms with Crippen molar-refractivity contribution in [3.8, 4) is 0 Å². The van der Waals surface area contributed by atoms with E-state index in [2.05, 4.69) is 11.1 Å². The van der Waals surface area contributed by atoms with E-state index in [0.717, 1.165) is 31.4 Å². The third-order valence-corrected chi connectivity index (χ3v) is 4.18. The first-order valence-electron chi connectivity index (χ1n) is 5.59. The van der Waals surface area contributed by atoms with E-state index in [4.69, 9.17) is 5.73 Å². The van der Waals surface area contributed by atoms with Crippen molar-refractivity contribution in [2.75, 3.05) is 6.54 Å². The minimum atomic E-state index is -0.873. The number of hydrogen-bond donors (Lipinski definition) is 2. The number of pyridine rings is 1. The molecule has 15 heavy (non-hydrogen) atoms. The molecule has 80 valence electrons. The van der Waals surface area contributed by atoms with Crippen molar-refractivity contribution in [3.63, 3.8) is 0 Å². The second-order valence-electron chi connectivity index (χ2n) is 4.86. The highest BCUT2D eigenvalue weighted by Gasteiger charge is 2.61. The van der Waals surface area contributed by atoms with Gasteiger partial charge in [0, 0.05) is 18.2 Å². The summed E-state index contributed by atoms with van der Waals surface area (Å²) in [5.74, 6) is 0. The topological polar surface area (TPSA) is 59.1 Å². The molecule has 0 radical (unpaired) electrons. The van der Waals surface area contributed by atoms with Gasteiger partial charge in [0.1, 0.15) is 5.60 Å². The second-order valence-corrected chi connectivity index (χ2v) is 4.86. The molecule has 1 saturated carbocycles. The number of hydrogen-bond acceptors (Lipinski definition) is 3. The second kappa shape index (κ2) is 2.80. The molecule has 3 N–H and O–H groups in total. The maximum Gasteiger partial charge on any atom is 0.124 e. The van der Waals surface area contributed by atoms with Crippen molar-refractivity contribution in [1.82, 2.24) is 4.98 Å². The highest BCUT2D eigenvalue weighted by atomic mass is 16.3. The summed E-state index contributed by atoms with van der Waals surface area (Å²) in [4.78, 5) is 4.35. The number of aromatic nitrogens is 1. The predicted octanol–water partition coefficient (Wildman–Crippen LogP) is 0.954. The quantitative estimate of drug-likeness (QED) is 0.716. The minimum absolute atomic E-state index is 0.0447. The molecule has 0 bridgehead atoms. The predicted molar refractivity (Wildman–Crippen MR) is 57.2 cm³/mol. The normalized spacial score (nSPS) is 31.3. The molecule has 1 aromatic heterocycles. The Morgan fingerprint density at radius 2 is 2.20 bits per heavy atom. The summed E-state index contributed by atoms with van der Waals surface area (Å²) in [5.41, 5.74) is 6.95. The molecule has 1 fully saturated rings. The Balaban J connectivity index is 2.16. The maximum absolute atomic E-state index is 10.7. The van der Waals surface area contributed by atoms with Crippen LogP contribution in [0.5, 0.6) is 0 Å². The van der Waals surface area contributed by atoms with E-state index in [-0.39, 0.29) is 12.0 Å². The minimum Gasteiger partial charge on any atom is -0.382 e. The molecule has 1 unspecified atom stereocenters. The molecule has 1 heterocycles. The Labute approximate surface area is 89.3 Å². The average molecular weight is 204 g/mol. The zero-order valence-electron chi connectivity index (χ0n) is 8.74. The van der Waals surface area contributed by atoms with Crippen LogP contribution in [-0.4, -0.2) is 16.6 Å². The summed E-state index contributed by atoms with van der Waals surface area (Å²) in [5, 5.41) is 10.7. The Bertz CT molecular complexity index is 400. The molecular formula is C12H16N2O. The molecule has 0 saturated heterocycles. The van der Waals surface area contributed by atoms with Crippen LogP contribution in [-0.2, 0) is 12.0 Å². The zero-order valence-corrected chi connectivity index (χ0v) is 8.74. The van der Waals surface area contributed by atoms with Crippen molar-refractivity contribution in [3.05, 3.63) is 29.6 Å². The van der Waals surface area contributed by atoms with Gasteiger partial charge >= 0.3 is 0 Å². The van der Waals surface area contributed by atoms with Crippen molar-refractivity contribution in [2.24, 2.45) is 11.1 Å². The lowest BCUT2D eigenvalue weighted by Crippen LogP contribution is -2.47. The molecule has 2 aliphatic carbocycles. The average Bonchev–Trinajstić information content (AvgIpc) is 3.06. The fourth-order valence-corrected chi connectivity index (χ4v) is 2.97. The smallest absolute Gasteiger partial charge is 0.124 e. The van der Waals surface area contributed by atoms with Gasteiger partial charge in [-0.25, -0.2) is 0 Å². The fraction of sp³-hybridized carbons (Fsp3) is 0.583. The summed E-state index contributed by atoms with van der Waals surface area (Å²) >= 11 is 0. The van der Waals surface area contributed by atoms with Gasteiger partial charge in [-0.15, -0.1) is 0 Å². The third-order valence-electron chi connectivity index (χ3n) is 4.18. The van der Waals surface area contributed by atoms with Crippen LogP contribution in [0.2, 0.25) is 0 Å². The number of nitrogens with two attached hydrogens (primary N) is 1. The summed E-state index contributed by atoms with van der Waals surface area (Å²) < 4.78 is 0. The molecule has 3 rings (SSSR count). The maximum atomic E-state index is 10.7. The summed E-state index contributed by atoms with van der Waals surface area (Å²) in [6.07, 6.45) is 6.03. The Kier molecular flexibility index (Phi) is 1.74. The molecule has 3 nitrogen and oxygen atoms in total. The van der Waals surface area contributed by atoms with Gasteiger partial charge in [-0.1, -0.05) is 6.07 Å². The number of fused-ring (bicyclic) bond motifs is 1. The first-order chi connectivity index (χ1) is 7.22. The molecule has 0 aromatic carbocycles. The Morgan fingerprint density at radius 1 is 1.40 bits per heavy atom. The molecule has 1 aromatic rings. The Hall–Kier alpha value is -0.930. The number of aryl methyl sites for hydroxylation is 1. The molecular weight excluding hydrogens is 188 g/mol. The van der Waals surface area contributed by atoms with E-state index in [9.17, 15) is 5.11 Å². The molecule has 0 aliphatic heterocycles. The van der Waals surface area contributed by atoms with Crippen LogP contribution < -0.4 is 5.73 Å². The third kappa shape index (κ3) is 1.05. The lowest BCUT2D eigenvalue weighted by molar-refractivity contribution is -0.0461. The number of aliphatic hydroxyl groups is 1. The zero-order chi connectivity index (χ0) is 10.5. The lowest BCUT2D eigenvalue weighted by Gasteiger charge is -2.40. The summed E-state index contributed by atoms with van der Waals surface area (Å²) in [6, 6.07) is 3.98. The van der Waals surface area contributed by atoms with E-state index >= 15 is 0 Å². The summed E-state index contributed by atoms with van der Waals surface area (Å²) in [6.45, 7) is 0.289. The lowest BCUT2D eigenvalue weighted by atomic mass is 9.71. The van der Waals surface area contributed by atoms with Crippen LogP contribution in [0, 0.1) is 5.41 Å². The highest BCUT2D eigenvalue weighted by molar-refractivity contribution is 5.34. The van der Waals surface area contributed by atoms with Crippen molar-refractivity contribution >= 4 is 0 Å². The largest absolute Gasteiger partial charge is 0.382 e. The van der Waals surface area contributed by atoms with Crippen LogP contribution in [0.15, 0.2) is 18.3 Å². The van der Waals surface area contributed by atoms with Crippen LogP contribution >= 0.6 is 0 Å². The van der Waals surface area contributed by atoms with E-state index in [1.54, 1.807) is 6.20 Å². The highest BCUT2D eigenvalue weighted by Crippen LogP contribution is 2.62. The molecule has 1 atom stereocenters. The van der Waals surface area contributed by atoms with E-state index in [1.165, 1.54) is 5.56 Å². The monoisotopic (exact) mass is 204 g/mol. The van der Waals surface area contributed by atoms with Gasteiger partial charge < -0.3 is 10.8 Å². The van der Waals surface area contributed by atoms with Crippen LogP contribution in [0.4, 0.5) is 0 Å². The van der Waals surface area contributed by atoms with Crippen LogP contribution in [0.1, 0.15) is 30.5 Å². The number of rotatable bonds is 1. The van der Waals surface area contributed by atoms with Gasteiger partial charge in [-0.05, 0) is 37.3 Å². The first-order valence-corrected chi connectivity index (χ1v) is 5.59. The van der Waals surface area contributed by atoms with Crippen molar-refractivity contribution < 1.29 is 5.11 Å². The van der Waals surface area contributed by atoms with E-state index in [1.807, 2.05) is 6.07 Å². The van der Waals surface area contributed by atoms with E-state index < -0.39 is 5.60 Å². The van der Waals surface area contributed by atoms with Crippen molar-refractivity contribution in [1.29, 1.82) is 0 Å². The molecule has 0 amide bonds. The van der Waals surface area contributed by atoms with Gasteiger partial charge in [0.15, 0.2) is 0 Å². The summed E-state index contributed by atoms with van der Waals surface area (Å²) in [7, 11) is 0. The number of nitrogens with zero attached hydrogens (tertiary/aromatic N) is 1. The SMILES string of the molecule is NCC1(O)c2ncccc2CCC12CC2. The molecule has 1 spiro atoms. The fourth-order valence-electron chi connectivity index (χ4n) is 2.97. The van der Waals surface area contributed by atoms with Gasteiger partial charge in [0.2, 0.25) is 0 Å². The standard InChI is InChI=1S/C12H16N2O/c13-8-12(15)10-9(2-1-7-14-10)3-4-11(12)5-6-11/h1-2,7,15H,3-6,8,13H2. The molecule has 2 aliphatic rings. The van der Waals surface area contributed by atoms with Crippen molar-refractivity contribution in [2.45, 2.75) is 31.3 Å². The van der Waals surface area contributed by atoms with E-state index in [0.29, 0.717) is 0 Å².